The predicted molar refractivity (Wildman–Crippen MR) is 123 cm³/mol. The van der Waals surface area contributed by atoms with Crippen molar-refractivity contribution in [3.63, 3.8) is 0 Å². The van der Waals surface area contributed by atoms with E-state index >= 15 is 0 Å². The van der Waals surface area contributed by atoms with E-state index in [9.17, 15) is 25.2 Å². The number of aliphatic hydroxyl groups is 2. The van der Waals surface area contributed by atoms with Gasteiger partial charge in [-0.15, -0.1) is 0 Å². The van der Waals surface area contributed by atoms with Gasteiger partial charge in [0.25, 0.3) is 0 Å². The Bertz CT molecular complexity index is 1020. The third-order valence-electron chi connectivity index (χ3n) is 6.89. The summed E-state index contributed by atoms with van der Waals surface area (Å²) in [5, 5.41) is 42.1. The highest BCUT2D eigenvalue weighted by Gasteiger charge is 2.51. The molecule has 1 heterocycles. The van der Waals surface area contributed by atoms with Crippen molar-refractivity contribution in [2.75, 3.05) is 23.4 Å². The van der Waals surface area contributed by atoms with Crippen LogP contribution in [0.1, 0.15) is 44.7 Å². The highest BCUT2D eigenvalue weighted by Crippen LogP contribution is 2.50. The number of phenolic OH excluding ortho intramolecular Hbond substituents is 2. The average molecular weight is 441 g/mol. The zero-order chi connectivity index (χ0) is 23.3. The highest BCUT2D eigenvalue weighted by molar-refractivity contribution is 6.01. The van der Waals surface area contributed by atoms with Crippen molar-refractivity contribution < 1.29 is 25.2 Å². The lowest BCUT2D eigenvalue weighted by atomic mass is 9.84. The van der Waals surface area contributed by atoms with Gasteiger partial charge in [-0.05, 0) is 66.1 Å². The molecule has 1 fully saturated rings. The zero-order valence-corrected chi connectivity index (χ0v) is 18.8. The predicted octanol–water partition coefficient (Wildman–Crippen LogP) is 2.90. The van der Waals surface area contributed by atoms with Crippen LogP contribution in [0.2, 0.25) is 0 Å². The van der Waals surface area contributed by atoms with Gasteiger partial charge in [0.15, 0.2) is 11.5 Å². The number of nitrogens with zero attached hydrogens (tertiary/aromatic N) is 1. The number of hydrogen-bond donors (Lipinski definition) is 5. The second kappa shape index (κ2) is 7.98. The molecule has 2 aromatic carbocycles. The quantitative estimate of drug-likeness (QED) is 0.442. The first kappa shape index (κ1) is 22.4. The second-order valence-electron chi connectivity index (χ2n) is 10.1. The molecule has 5 N–H and O–H groups in total. The van der Waals surface area contributed by atoms with Crippen molar-refractivity contribution in [2.24, 2.45) is 5.41 Å². The Hall–Kier alpha value is -2.77. The zero-order valence-electron chi connectivity index (χ0n) is 18.8. The van der Waals surface area contributed by atoms with E-state index in [4.69, 9.17) is 0 Å². The third-order valence-corrected chi connectivity index (χ3v) is 6.89. The van der Waals surface area contributed by atoms with Gasteiger partial charge in [-0.25, -0.2) is 0 Å². The molecule has 0 aromatic heterocycles. The van der Waals surface area contributed by atoms with Gasteiger partial charge in [0.2, 0.25) is 5.91 Å². The summed E-state index contributed by atoms with van der Waals surface area (Å²) in [7, 11) is 0. The summed E-state index contributed by atoms with van der Waals surface area (Å²) < 4.78 is 0. The van der Waals surface area contributed by atoms with Crippen LogP contribution in [0.25, 0.3) is 0 Å². The molecule has 0 saturated heterocycles. The van der Waals surface area contributed by atoms with Crippen LogP contribution in [-0.4, -0.2) is 51.6 Å². The van der Waals surface area contributed by atoms with E-state index < -0.39 is 5.41 Å². The van der Waals surface area contributed by atoms with Crippen LogP contribution in [0.4, 0.5) is 11.4 Å². The van der Waals surface area contributed by atoms with Crippen molar-refractivity contribution in [3.8, 4) is 11.5 Å². The molecule has 172 valence electrons. The number of benzene rings is 2. The first-order valence-electron chi connectivity index (χ1n) is 11.1. The normalized spacial score (nSPS) is 19.2. The molecule has 1 saturated carbocycles. The molecule has 7 heteroatoms. The third kappa shape index (κ3) is 3.80. The summed E-state index contributed by atoms with van der Waals surface area (Å²) in [6.45, 7) is 6.17. The second-order valence-corrected chi connectivity index (χ2v) is 10.1. The Morgan fingerprint density at radius 3 is 2.34 bits per heavy atom. The van der Waals surface area contributed by atoms with Crippen LogP contribution >= 0.6 is 0 Å². The highest BCUT2D eigenvalue weighted by atomic mass is 16.3. The molecular weight excluding hydrogens is 408 g/mol. The molecule has 7 nitrogen and oxygen atoms in total. The number of aliphatic hydroxyl groups excluding tert-OH is 2. The fraction of sp³-hybridized carbons (Fsp3) is 0.480. The van der Waals surface area contributed by atoms with Crippen LogP contribution in [0, 0.1) is 5.41 Å². The summed E-state index contributed by atoms with van der Waals surface area (Å²) in [5.41, 5.74) is 2.68. The number of rotatable bonds is 6. The van der Waals surface area contributed by atoms with Crippen LogP contribution in [0.15, 0.2) is 36.4 Å². The first-order chi connectivity index (χ1) is 15.1. The van der Waals surface area contributed by atoms with Gasteiger partial charge in [0, 0.05) is 17.4 Å². The Morgan fingerprint density at radius 2 is 1.78 bits per heavy atom. The Kier molecular flexibility index (Phi) is 5.59. The number of carbonyl (C=O) groups excluding carboxylic acids is 1. The number of hydrogen-bond acceptors (Lipinski definition) is 6. The standard InChI is InChI=1S/C25H32N2O5/c1-24(2,3)22-11-15-10-17(5-6-19(15)27(22)18(13-28)14-29)26-23(32)25(8-9-25)16-4-7-20(30)21(31)12-16/h4-7,10,12,18,22,28-31H,8-9,11,13-14H2,1-3H3,(H,26,32). The Labute approximate surface area is 188 Å². The van der Waals surface area contributed by atoms with Gasteiger partial charge in [-0.2, -0.15) is 0 Å². The molecule has 0 spiro atoms. The van der Waals surface area contributed by atoms with Gasteiger partial charge < -0.3 is 30.6 Å². The molecule has 0 radical (unpaired) electrons. The number of anilines is 2. The van der Waals surface area contributed by atoms with Crippen molar-refractivity contribution in [1.82, 2.24) is 0 Å². The van der Waals surface area contributed by atoms with Crippen molar-refractivity contribution in [3.05, 3.63) is 47.5 Å². The van der Waals surface area contributed by atoms with E-state index in [1.165, 1.54) is 12.1 Å². The molecule has 1 unspecified atom stereocenters. The maximum Gasteiger partial charge on any atom is 0.235 e. The number of nitrogens with one attached hydrogen (secondary N) is 1. The van der Waals surface area contributed by atoms with E-state index in [-0.39, 0.29) is 48.1 Å². The van der Waals surface area contributed by atoms with Gasteiger partial charge >= 0.3 is 0 Å². The van der Waals surface area contributed by atoms with Crippen molar-refractivity contribution in [2.45, 2.75) is 57.5 Å². The number of aromatic hydroxyl groups is 2. The maximum absolute atomic E-state index is 13.2. The van der Waals surface area contributed by atoms with Crippen LogP contribution in [0.5, 0.6) is 11.5 Å². The van der Waals surface area contributed by atoms with E-state index in [1.54, 1.807) is 6.07 Å². The summed E-state index contributed by atoms with van der Waals surface area (Å²) in [5.74, 6) is -0.561. The minimum Gasteiger partial charge on any atom is -0.504 e. The van der Waals surface area contributed by atoms with Gasteiger partial charge in [-0.1, -0.05) is 26.8 Å². The molecule has 32 heavy (non-hydrogen) atoms. The summed E-state index contributed by atoms with van der Waals surface area (Å²) >= 11 is 0. The van der Waals surface area contributed by atoms with Gasteiger partial charge in [-0.3, -0.25) is 4.79 Å². The van der Waals surface area contributed by atoms with Gasteiger partial charge in [0.05, 0.1) is 24.7 Å². The molecule has 2 aliphatic rings. The molecule has 1 aliphatic carbocycles. The van der Waals surface area contributed by atoms with Crippen LogP contribution in [-0.2, 0) is 16.6 Å². The summed E-state index contributed by atoms with van der Waals surface area (Å²) in [6.07, 6.45) is 2.13. The topological polar surface area (TPSA) is 113 Å². The maximum atomic E-state index is 13.2. The number of fused-ring (bicyclic) bond motifs is 1. The lowest BCUT2D eigenvalue weighted by Crippen LogP contribution is -2.50. The number of phenols is 2. The van der Waals surface area contributed by atoms with Crippen LogP contribution in [0.3, 0.4) is 0 Å². The lowest BCUT2D eigenvalue weighted by molar-refractivity contribution is -0.118. The molecule has 2 aromatic rings. The molecule has 1 aliphatic heterocycles. The van der Waals surface area contributed by atoms with E-state index in [2.05, 4.69) is 31.0 Å². The molecule has 4 rings (SSSR count). The van der Waals surface area contributed by atoms with Crippen molar-refractivity contribution in [1.29, 1.82) is 0 Å². The molecule has 1 atom stereocenters. The largest absolute Gasteiger partial charge is 0.504 e. The molecular formula is C25H32N2O5. The lowest BCUT2D eigenvalue weighted by Gasteiger charge is -2.40. The SMILES string of the molecule is CC(C)(C)C1Cc2cc(NC(=O)C3(c4ccc(O)c(O)c4)CC3)ccc2N1C(CO)CO. The van der Waals surface area contributed by atoms with E-state index in [0.29, 0.717) is 24.1 Å². The van der Waals surface area contributed by atoms with E-state index in [1.807, 2.05) is 18.2 Å². The van der Waals surface area contributed by atoms with Crippen LogP contribution < -0.4 is 10.2 Å². The van der Waals surface area contributed by atoms with E-state index in [0.717, 1.165) is 17.7 Å². The fourth-order valence-electron chi connectivity index (χ4n) is 4.81. The molecule has 1 amide bonds. The fourth-order valence-corrected chi connectivity index (χ4v) is 4.81. The Morgan fingerprint density at radius 1 is 1.09 bits per heavy atom. The van der Waals surface area contributed by atoms with Crippen molar-refractivity contribution >= 4 is 17.3 Å². The molecule has 0 bridgehead atoms. The minimum atomic E-state index is -0.691. The smallest absolute Gasteiger partial charge is 0.235 e. The van der Waals surface area contributed by atoms with Gasteiger partial charge in [0.1, 0.15) is 0 Å². The monoisotopic (exact) mass is 440 g/mol. The summed E-state index contributed by atoms with van der Waals surface area (Å²) in [6, 6.07) is 10.1. The number of amides is 1. The summed E-state index contributed by atoms with van der Waals surface area (Å²) in [4.78, 5) is 15.3. The minimum absolute atomic E-state index is 0.0655. The Balaban J connectivity index is 1.59. The first-order valence-corrected chi connectivity index (χ1v) is 11.1. The number of carbonyl (C=O) groups is 1. The average Bonchev–Trinajstić information content (AvgIpc) is 3.46.